The van der Waals surface area contributed by atoms with Crippen molar-refractivity contribution in [3.8, 4) is 0 Å². The Balaban J connectivity index is 2.03. The van der Waals surface area contributed by atoms with E-state index in [1.807, 2.05) is 13.0 Å². The quantitative estimate of drug-likeness (QED) is 0.670. The van der Waals surface area contributed by atoms with Crippen molar-refractivity contribution in [3.05, 3.63) is 23.5 Å². The highest BCUT2D eigenvalue weighted by atomic mass is 16.6. The fourth-order valence-electron chi connectivity index (χ4n) is 3.79. The minimum absolute atomic E-state index is 0.00950. The predicted octanol–water partition coefficient (Wildman–Crippen LogP) is 2.98. The SMILES string of the molecule is C[C@@H]1C(=O)OC2C3=CC=C(O)[C@@H](C)[C@@]3(C)CCC21. The molecule has 0 aromatic carbocycles. The molecule has 2 unspecified atom stereocenters. The standard InChI is InChI=1S/C15H20O3/c1-8-10-6-7-15(3)9(2)12(16)5-4-11(15)13(10)18-14(8)17/h4-5,8-10,13,16H,6-7H2,1-3H3/t8-,9+,10?,13?,15+/m0/s1. The summed E-state index contributed by atoms with van der Waals surface area (Å²) in [6.45, 7) is 6.20. The lowest BCUT2D eigenvalue weighted by molar-refractivity contribution is -0.143. The van der Waals surface area contributed by atoms with Crippen molar-refractivity contribution >= 4 is 5.97 Å². The van der Waals surface area contributed by atoms with Gasteiger partial charge >= 0.3 is 5.97 Å². The number of ether oxygens (including phenoxy) is 1. The van der Waals surface area contributed by atoms with E-state index in [0.29, 0.717) is 11.7 Å². The molecule has 2 fully saturated rings. The Morgan fingerprint density at radius 2 is 2.11 bits per heavy atom. The third kappa shape index (κ3) is 1.33. The molecule has 3 aliphatic rings. The van der Waals surface area contributed by atoms with Gasteiger partial charge in [0.2, 0.25) is 0 Å². The van der Waals surface area contributed by atoms with E-state index < -0.39 is 0 Å². The van der Waals surface area contributed by atoms with E-state index in [0.717, 1.165) is 12.8 Å². The molecule has 1 saturated carbocycles. The molecule has 1 saturated heterocycles. The zero-order valence-electron chi connectivity index (χ0n) is 11.1. The van der Waals surface area contributed by atoms with E-state index in [1.54, 1.807) is 6.08 Å². The summed E-state index contributed by atoms with van der Waals surface area (Å²) < 4.78 is 5.58. The highest BCUT2D eigenvalue weighted by molar-refractivity contribution is 5.75. The first-order chi connectivity index (χ1) is 8.45. The average molecular weight is 248 g/mol. The zero-order valence-corrected chi connectivity index (χ0v) is 11.1. The molecule has 3 rings (SSSR count). The number of hydrogen-bond acceptors (Lipinski definition) is 3. The Morgan fingerprint density at radius 3 is 2.83 bits per heavy atom. The molecule has 0 spiro atoms. The normalized spacial score (nSPS) is 46.7. The van der Waals surface area contributed by atoms with E-state index in [-0.39, 0.29) is 29.3 Å². The summed E-state index contributed by atoms with van der Waals surface area (Å²) in [5, 5.41) is 9.94. The first-order valence-corrected chi connectivity index (χ1v) is 6.77. The lowest BCUT2D eigenvalue weighted by atomic mass is 9.58. The Morgan fingerprint density at radius 1 is 1.39 bits per heavy atom. The number of aliphatic hydroxyl groups excluding tert-OH is 1. The fraction of sp³-hybridized carbons (Fsp3) is 0.667. The Bertz CT molecular complexity index is 462. The topological polar surface area (TPSA) is 46.5 Å². The Kier molecular flexibility index (Phi) is 2.38. The molecule has 3 nitrogen and oxygen atoms in total. The van der Waals surface area contributed by atoms with Crippen LogP contribution in [0.25, 0.3) is 0 Å². The van der Waals surface area contributed by atoms with Crippen LogP contribution in [-0.2, 0) is 9.53 Å². The van der Waals surface area contributed by atoms with Crippen LogP contribution in [0.1, 0.15) is 33.6 Å². The highest BCUT2D eigenvalue weighted by Crippen LogP contribution is 2.55. The molecular formula is C15H20O3. The van der Waals surface area contributed by atoms with Crippen molar-refractivity contribution in [1.82, 2.24) is 0 Å². The minimum atomic E-state index is -0.0713. The first kappa shape index (κ1) is 11.8. The Hall–Kier alpha value is -1.25. The maximum atomic E-state index is 11.8. The van der Waals surface area contributed by atoms with Crippen LogP contribution in [-0.4, -0.2) is 17.2 Å². The van der Waals surface area contributed by atoms with Crippen molar-refractivity contribution in [1.29, 1.82) is 0 Å². The van der Waals surface area contributed by atoms with Crippen molar-refractivity contribution in [2.24, 2.45) is 23.2 Å². The van der Waals surface area contributed by atoms with Crippen LogP contribution in [0.2, 0.25) is 0 Å². The molecule has 5 atom stereocenters. The second-order valence-corrected chi connectivity index (χ2v) is 6.20. The second kappa shape index (κ2) is 3.62. The van der Waals surface area contributed by atoms with Gasteiger partial charge in [0.1, 0.15) is 6.10 Å². The summed E-state index contributed by atoms with van der Waals surface area (Å²) in [5.74, 6) is 0.805. The monoisotopic (exact) mass is 248 g/mol. The van der Waals surface area contributed by atoms with E-state index in [4.69, 9.17) is 4.74 Å². The van der Waals surface area contributed by atoms with Gasteiger partial charge in [0.25, 0.3) is 0 Å². The number of carbonyl (C=O) groups is 1. The summed E-state index contributed by atoms with van der Waals surface area (Å²) in [6.07, 6.45) is 5.68. The van der Waals surface area contributed by atoms with E-state index in [2.05, 4.69) is 13.8 Å². The van der Waals surface area contributed by atoms with Crippen molar-refractivity contribution in [3.63, 3.8) is 0 Å². The zero-order chi connectivity index (χ0) is 13.1. The largest absolute Gasteiger partial charge is 0.512 e. The average Bonchev–Trinajstić information content (AvgIpc) is 2.62. The molecule has 1 aliphatic heterocycles. The van der Waals surface area contributed by atoms with Gasteiger partial charge in [0.05, 0.1) is 11.7 Å². The maximum Gasteiger partial charge on any atom is 0.309 e. The van der Waals surface area contributed by atoms with Crippen LogP contribution in [0.15, 0.2) is 23.5 Å². The predicted molar refractivity (Wildman–Crippen MR) is 67.8 cm³/mol. The van der Waals surface area contributed by atoms with Crippen molar-refractivity contribution in [2.75, 3.05) is 0 Å². The summed E-state index contributed by atoms with van der Waals surface area (Å²) in [6, 6.07) is 0. The molecule has 18 heavy (non-hydrogen) atoms. The highest BCUT2D eigenvalue weighted by Gasteiger charge is 2.54. The maximum absolute atomic E-state index is 11.8. The summed E-state index contributed by atoms with van der Waals surface area (Å²) in [5.41, 5.74) is 1.13. The van der Waals surface area contributed by atoms with Gasteiger partial charge in [-0.15, -0.1) is 0 Å². The van der Waals surface area contributed by atoms with Gasteiger partial charge in [-0.05, 0) is 24.5 Å². The Labute approximate surface area is 108 Å². The summed E-state index contributed by atoms with van der Waals surface area (Å²) >= 11 is 0. The number of carbonyl (C=O) groups excluding carboxylic acids is 1. The molecular weight excluding hydrogens is 228 g/mol. The van der Waals surface area contributed by atoms with Crippen LogP contribution in [0.4, 0.5) is 0 Å². The van der Waals surface area contributed by atoms with Gasteiger partial charge in [-0.25, -0.2) is 0 Å². The summed E-state index contributed by atoms with van der Waals surface area (Å²) in [4.78, 5) is 11.8. The third-order valence-electron chi connectivity index (χ3n) is 5.44. The van der Waals surface area contributed by atoms with Crippen LogP contribution in [0, 0.1) is 23.2 Å². The molecule has 0 aromatic heterocycles. The molecule has 0 amide bonds. The van der Waals surface area contributed by atoms with E-state index in [1.165, 1.54) is 5.57 Å². The van der Waals surface area contributed by atoms with Gasteiger partial charge in [-0.2, -0.15) is 0 Å². The van der Waals surface area contributed by atoms with Gasteiger partial charge in [0, 0.05) is 17.3 Å². The molecule has 98 valence electrons. The fourth-order valence-corrected chi connectivity index (χ4v) is 3.79. The van der Waals surface area contributed by atoms with E-state index in [9.17, 15) is 9.90 Å². The van der Waals surface area contributed by atoms with Crippen LogP contribution in [0.5, 0.6) is 0 Å². The first-order valence-electron chi connectivity index (χ1n) is 6.77. The number of rotatable bonds is 0. The molecule has 1 heterocycles. The van der Waals surface area contributed by atoms with Crippen LogP contribution < -0.4 is 0 Å². The number of fused-ring (bicyclic) bond motifs is 3. The lowest BCUT2D eigenvalue weighted by Crippen LogP contribution is -2.43. The molecule has 2 aliphatic carbocycles. The minimum Gasteiger partial charge on any atom is -0.512 e. The molecule has 0 bridgehead atoms. The number of aliphatic hydroxyl groups is 1. The van der Waals surface area contributed by atoms with Gasteiger partial charge in [0.15, 0.2) is 0 Å². The molecule has 0 radical (unpaired) electrons. The van der Waals surface area contributed by atoms with Gasteiger partial charge < -0.3 is 9.84 Å². The van der Waals surface area contributed by atoms with Crippen molar-refractivity contribution < 1.29 is 14.6 Å². The third-order valence-corrected chi connectivity index (χ3v) is 5.44. The van der Waals surface area contributed by atoms with Gasteiger partial charge in [-0.3, -0.25) is 4.79 Å². The number of esters is 1. The van der Waals surface area contributed by atoms with Crippen LogP contribution >= 0.6 is 0 Å². The number of hydrogen-bond donors (Lipinski definition) is 1. The second-order valence-electron chi connectivity index (χ2n) is 6.20. The van der Waals surface area contributed by atoms with Gasteiger partial charge in [-0.1, -0.05) is 26.8 Å². The lowest BCUT2D eigenvalue weighted by Gasteiger charge is -2.47. The number of allylic oxidation sites excluding steroid dienone is 3. The summed E-state index contributed by atoms with van der Waals surface area (Å²) in [7, 11) is 0. The van der Waals surface area contributed by atoms with E-state index >= 15 is 0 Å². The molecule has 3 heteroatoms. The molecule has 1 N–H and O–H groups in total. The molecule has 0 aromatic rings. The van der Waals surface area contributed by atoms with Crippen molar-refractivity contribution in [2.45, 2.75) is 39.7 Å². The van der Waals surface area contributed by atoms with Crippen LogP contribution in [0.3, 0.4) is 0 Å². The smallest absolute Gasteiger partial charge is 0.309 e.